The molecule has 1 aliphatic carbocycles. The number of hydrogen-bond acceptors (Lipinski definition) is 0. The average Bonchev–Trinajstić information content (AvgIpc) is 1.99. The first-order valence-corrected chi connectivity index (χ1v) is 3.63. The van der Waals surface area contributed by atoms with Crippen LogP contribution in [0, 0.1) is 0 Å². The van der Waals surface area contributed by atoms with E-state index in [1.54, 1.807) is 5.57 Å². The van der Waals surface area contributed by atoms with E-state index in [9.17, 15) is 0 Å². The largest absolute Gasteiger partial charge is 0.0843 e. The molecule has 0 radical (unpaired) electrons. The first-order chi connectivity index (χ1) is 4.30. The fraction of sp³-hybridized carbons (Fsp3) is 0.556. The second kappa shape index (κ2) is 2.86. The molecule has 0 atom stereocenters. The van der Waals surface area contributed by atoms with Crippen LogP contribution in [0.3, 0.4) is 0 Å². The summed E-state index contributed by atoms with van der Waals surface area (Å²) in [5, 5.41) is 0. The zero-order valence-electron chi connectivity index (χ0n) is 6.28. The van der Waals surface area contributed by atoms with Crippen molar-refractivity contribution in [1.82, 2.24) is 0 Å². The third-order valence-electron chi connectivity index (χ3n) is 1.96. The van der Waals surface area contributed by atoms with Crippen LogP contribution in [0.2, 0.25) is 0 Å². The molecule has 0 aromatic carbocycles. The summed E-state index contributed by atoms with van der Waals surface area (Å²) in [4.78, 5) is 0. The molecule has 0 aliphatic heterocycles. The normalized spacial score (nSPS) is 20.2. The summed E-state index contributed by atoms with van der Waals surface area (Å²) < 4.78 is 0. The number of rotatable bonds is 0. The highest BCUT2D eigenvalue weighted by atomic mass is 14.0. The van der Waals surface area contributed by atoms with E-state index in [1.807, 2.05) is 0 Å². The van der Waals surface area contributed by atoms with Crippen molar-refractivity contribution < 1.29 is 0 Å². The van der Waals surface area contributed by atoms with Gasteiger partial charge in [-0.25, -0.2) is 0 Å². The summed E-state index contributed by atoms with van der Waals surface area (Å²) in [5.74, 6) is 0. The third-order valence-corrected chi connectivity index (χ3v) is 1.96. The highest BCUT2D eigenvalue weighted by Gasteiger charge is 1.96. The molecule has 0 saturated heterocycles. The SMILES string of the molecule is CC1=C(C)CCCC=C1. The van der Waals surface area contributed by atoms with Gasteiger partial charge in [0.1, 0.15) is 0 Å². The zero-order valence-corrected chi connectivity index (χ0v) is 6.28. The van der Waals surface area contributed by atoms with Crippen LogP contribution in [-0.4, -0.2) is 0 Å². The summed E-state index contributed by atoms with van der Waals surface area (Å²) >= 11 is 0. The van der Waals surface area contributed by atoms with Gasteiger partial charge in [-0.3, -0.25) is 0 Å². The van der Waals surface area contributed by atoms with Crippen molar-refractivity contribution >= 4 is 0 Å². The Kier molecular flexibility index (Phi) is 2.10. The topological polar surface area (TPSA) is 0 Å². The molecule has 0 N–H and O–H groups in total. The molecule has 0 aromatic heterocycles. The molecule has 0 fully saturated rings. The molecule has 0 saturated carbocycles. The Morgan fingerprint density at radius 1 is 1.33 bits per heavy atom. The summed E-state index contributed by atoms with van der Waals surface area (Å²) in [6.45, 7) is 4.42. The van der Waals surface area contributed by atoms with Crippen molar-refractivity contribution in [2.75, 3.05) is 0 Å². The van der Waals surface area contributed by atoms with Gasteiger partial charge in [0.2, 0.25) is 0 Å². The van der Waals surface area contributed by atoms with Crippen molar-refractivity contribution in [3.63, 3.8) is 0 Å². The van der Waals surface area contributed by atoms with E-state index in [1.165, 1.54) is 24.8 Å². The summed E-state index contributed by atoms with van der Waals surface area (Å²) in [6, 6.07) is 0. The minimum atomic E-state index is 1.26. The molecule has 0 heteroatoms. The van der Waals surface area contributed by atoms with Gasteiger partial charge in [-0.15, -0.1) is 0 Å². The lowest BCUT2D eigenvalue weighted by atomic mass is 10.1. The quantitative estimate of drug-likeness (QED) is 0.463. The number of hydrogen-bond donors (Lipinski definition) is 0. The minimum absolute atomic E-state index is 1.26. The van der Waals surface area contributed by atoms with Crippen LogP contribution in [0.15, 0.2) is 23.3 Å². The van der Waals surface area contributed by atoms with Crippen LogP contribution in [0.4, 0.5) is 0 Å². The van der Waals surface area contributed by atoms with Crippen molar-refractivity contribution in [3.05, 3.63) is 23.3 Å². The summed E-state index contributed by atoms with van der Waals surface area (Å²) in [6.07, 6.45) is 8.39. The van der Waals surface area contributed by atoms with Crippen LogP contribution < -0.4 is 0 Å². The highest BCUT2D eigenvalue weighted by molar-refractivity contribution is 5.23. The first-order valence-electron chi connectivity index (χ1n) is 3.63. The Balaban J connectivity index is 2.72. The lowest BCUT2D eigenvalue weighted by Crippen LogP contribution is -1.77. The Morgan fingerprint density at radius 3 is 2.89 bits per heavy atom. The maximum absolute atomic E-state index is 2.27. The molecule has 1 rings (SSSR count). The molecule has 0 unspecified atom stereocenters. The van der Waals surface area contributed by atoms with Crippen molar-refractivity contribution in [3.8, 4) is 0 Å². The summed E-state index contributed by atoms with van der Waals surface area (Å²) in [7, 11) is 0. The first kappa shape index (κ1) is 6.60. The second-order valence-electron chi connectivity index (χ2n) is 2.76. The van der Waals surface area contributed by atoms with Crippen molar-refractivity contribution in [1.29, 1.82) is 0 Å². The standard InChI is InChI=1S/C9H14/c1-8-6-4-3-5-7-9(8)2/h4,6H,3,5,7H2,1-2H3. The monoisotopic (exact) mass is 122 g/mol. The Labute approximate surface area is 57.3 Å². The lowest BCUT2D eigenvalue weighted by molar-refractivity contribution is 0.838. The molecule has 0 bridgehead atoms. The molecule has 1 aliphatic rings. The van der Waals surface area contributed by atoms with E-state index in [2.05, 4.69) is 26.0 Å². The fourth-order valence-electron chi connectivity index (χ4n) is 1.08. The van der Waals surface area contributed by atoms with E-state index < -0.39 is 0 Å². The maximum atomic E-state index is 2.27. The molecule has 50 valence electrons. The molecular formula is C9H14. The van der Waals surface area contributed by atoms with E-state index in [-0.39, 0.29) is 0 Å². The van der Waals surface area contributed by atoms with Crippen LogP contribution in [0.5, 0.6) is 0 Å². The second-order valence-corrected chi connectivity index (χ2v) is 2.76. The van der Waals surface area contributed by atoms with Gasteiger partial charge in [0, 0.05) is 0 Å². The van der Waals surface area contributed by atoms with E-state index >= 15 is 0 Å². The lowest BCUT2D eigenvalue weighted by Gasteiger charge is -1.97. The Hall–Kier alpha value is -0.520. The zero-order chi connectivity index (χ0) is 6.69. The third kappa shape index (κ3) is 1.70. The molecule has 9 heavy (non-hydrogen) atoms. The van der Waals surface area contributed by atoms with Gasteiger partial charge in [-0.05, 0) is 33.1 Å². The Bertz CT molecular complexity index is 149. The van der Waals surface area contributed by atoms with E-state index in [0.29, 0.717) is 0 Å². The molecule has 0 amide bonds. The van der Waals surface area contributed by atoms with Gasteiger partial charge in [0.05, 0.1) is 0 Å². The van der Waals surface area contributed by atoms with Crippen LogP contribution in [0.1, 0.15) is 33.1 Å². The van der Waals surface area contributed by atoms with Crippen LogP contribution in [-0.2, 0) is 0 Å². The Morgan fingerprint density at radius 2 is 2.11 bits per heavy atom. The minimum Gasteiger partial charge on any atom is -0.0843 e. The van der Waals surface area contributed by atoms with Crippen molar-refractivity contribution in [2.45, 2.75) is 33.1 Å². The molecule has 0 heterocycles. The van der Waals surface area contributed by atoms with Gasteiger partial charge in [0.15, 0.2) is 0 Å². The maximum Gasteiger partial charge on any atom is -0.0314 e. The number of allylic oxidation sites excluding steroid dienone is 4. The predicted octanol–water partition coefficient (Wildman–Crippen LogP) is 3.06. The van der Waals surface area contributed by atoms with Gasteiger partial charge in [-0.1, -0.05) is 23.3 Å². The highest BCUT2D eigenvalue weighted by Crippen LogP contribution is 2.16. The van der Waals surface area contributed by atoms with E-state index in [0.717, 1.165) is 0 Å². The fourth-order valence-corrected chi connectivity index (χ4v) is 1.08. The van der Waals surface area contributed by atoms with Crippen LogP contribution >= 0.6 is 0 Å². The smallest absolute Gasteiger partial charge is 0.0314 e. The van der Waals surface area contributed by atoms with E-state index in [4.69, 9.17) is 0 Å². The molecular weight excluding hydrogens is 108 g/mol. The van der Waals surface area contributed by atoms with Gasteiger partial charge < -0.3 is 0 Å². The molecule has 0 spiro atoms. The average molecular weight is 122 g/mol. The predicted molar refractivity (Wildman–Crippen MR) is 41.4 cm³/mol. The van der Waals surface area contributed by atoms with Gasteiger partial charge >= 0.3 is 0 Å². The van der Waals surface area contributed by atoms with Crippen molar-refractivity contribution in [2.24, 2.45) is 0 Å². The van der Waals surface area contributed by atoms with Crippen LogP contribution in [0.25, 0.3) is 0 Å². The van der Waals surface area contributed by atoms with Gasteiger partial charge in [0.25, 0.3) is 0 Å². The summed E-state index contributed by atoms with van der Waals surface area (Å²) in [5.41, 5.74) is 3.02. The van der Waals surface area contributed by atoms with Gasteiger partial charge in [-0.2, -0.15) is 0 Å². The molecule has 0 nitrogen and oxygen atoms in total. The molecule has 0 aromatic rings.